The normalized spacial score (nSPS) is 16.3. The van der Waals surface area contributed by atoms with Crippen LogP contribution in [0.3, 0.4) is 0 Å². The molecule has 0 saturated carbocycles. The lowest BCUT2D eigenvalue weighted by atomic mass is 9.77. The van der Waals surface area contributed by atoms with Crippen molar-refractivity contribution in [1.82, 2.24) is 9.88 Å². The highest BCUT2D eigenvalue weighted by Crippen LogP contribution is 2.43. The minimum atomic E-state index is -0.928. The summed E-state index contributed by atoms with van der Waals surface area (Å²) < 4.78 is 5.06. The first-order chi connectivity index (χ1) is 13.2. The fraction of sp³-hybridized carbons (Fsp3) is 0.381. The first-order valence-corrected chi connectivity index (χ1v) is 9.14. The van der Waals surface area contributed by atoms with Crippen LogP contribution in [0.15, 0.2) is 36.5 Å². The number of fused-ring (bicyclic) bond motifs is 1. The zero-order valence-corrected chi connectivity index (χ0v) is 16.5. The molecule has 0 bridgehead atoms. The van der Waals surface area contributed by atoms with Crippen LogP contribution in [0.2, 0.25) is 0 Å². The molecular formula is C21H25N3O4. The van der Waals surface area contributed by atoms with E-state index in [-0.39, 0.29) is 23.1 Å². The van der Waals surface area contributed by atoms with E-state index in [0.29, 0.717) is 24.4 Å². The molecule has 1 aliphatic rings. The molecule has 2 heterocycles. The molecule has 148 valence electrons. The number of hydrogen-bond acceptors (Lipinski definition) is 4. The summed E-state index contributed by atoms with van der Waals surface area (Å²) in [6.07, 6.45) is 1.22. The number of carboxylic acid groups (broad SMARTS) is 1. The summed E-state index contributed by atoms with van der Waals surface area (Å²) >= 11 is 0. The molecular weight excluding hydrogens is 358 g/mol. The number of carbonyl (C=O) groups is 2. The third kappa shape index (κ3) is 3.93. The average molecular weight is 383 g/mol. The van der Waals surface area contributed by atoms with Crippen LogP contribution >= 0.6 is 0 Å². The van der Waals surface area contributed by atoms with E-state index in [9.17, 15) is 14.7 Å². The van der Waals surface area contributed by atoms with Crippen LogP contribution in [-0.2, 0) is 6.42 Å². The van der Waals surface area contributed by atoms with Crippen molar-refractivity contribution < 1.29 is 19.4 Å². The van der Waals surface area contributed by atoms with Crippen LogP contribution in [0.4, 0.5) is 10.5 Å². The van der Waals surface area contributed by atoms with Crippen LogP contribution in [0.1, 0.15) is 48.4 Å². The second kappa shape index (κ2) is 7.50. The molecule has 1 atom stereocenters. The SMILES string of the molecule is COc1ccc(C(=O)Nc2ccc3c(c2)C(C(C)(C)C)N(C(=O)O)CC3)nc1. The number of carbonyl (C=O) groups excluding carboxylic acids is 1. The second-order valence-electron chi connectivity index (χ2n) is 7.95. The van der Waals surface area contributed by atoms with Crippen molar-refractivity contribution in [2.75, 3.05) is 19.0 Å². The van der Waals surface area contributed by atoms with Gasteiger partial charge < -0.3 is 20.1 Å². The number of rotatable bonds is 3. The number of amides is 2. The smallest absolute Gasteiger partial charge is 0.407 e. The van der Waals surface area contributed by atoms with Gasteiger partial charge in [0.1, 0.15) is 11.4 Å². The van der Waals surface area contributed by atoms with E-state index >= 15 is 0 Å². The molecule has 0 spiro atoms. The summed E-state index contributed by atoms with van der Waals surface area (Å²) in [7, 11) is 1.54. The highest BCUT2D eigenvalue weighted by Gasteiger charge is 2.38. The van der Waals surface area contributed by atoms with Crippen LogP contribution < -0.4 is 10.1 Å². The van der Waals surface area contributed by atoms with E-state index < -0.39 is 6.09 Å². The zero-order chi connectivity index (χ0) is 20.5. The highest BCUT2D eigenvalue weighted by molar-refractivity contribution is 6.02. The van der Waals surface area contributed by atoms with E-state index in [2.05, 4.69) is 10.3 Å². The molecule has 1 unspecified atom stereocenters. The molecule has 28 heavy (non-hydrogen) atoms. The number of benzene rings is 1. The van der Waals surface area contributed by atoms with E-state index in [1.165, 1.54) is 18.2 Å². The lowest BCUT2D eigenvalue weighted by Crippen LogP contribution is -2.44. The maximum Gasteiger partial charge on any atom is 0.407 e. The Morgan fingerprint density at radius 2 is 2.00 bits per heavy atom. The van der Waals surface area contributed by atoms with Gasteiger partial charge in [0, 0.05) is 12.2 Å². The van der Waals surface area contributed by atoms with E-state index in [0.717, 1.165) is 11.1 Å². The van der Waals surface area contributed by atoms with E-state index in [1.54, 1.807) is 12.1 Å². The summed E-state index contributed by atoms with van der Waals surface area (Å²) in [4.78, 5) is 29.9. The number of pyridine rings is 1. The van der Waals surface area contributed by atoms with Gasteiger partial charge in [-0.15, -0.1) is 0 Å². The predicted octanol–water partition coefficient (Wildman–Crippen LogP) is 3.97. The minimum Gasteiger partial charge on any atom is -0.495 e. The molecule has 2 aromatic rings. The molecule has 0 saturated heterocycles. The van der Waals surface area contributed by atoms with Gasteiger partial charge in [0.25, 0.3) is 5.91 Å². The maximum atomic E-state index is 12.5. The third-order valence-electron chi connectivity index (χ3n) is 4.90. The number of ether oxygens (including phenoxy) is 1. The Morgan fingerprint density at radius 3 is 2.57 bits per heavy atom. The van der Waals surface area contributed by atoms with Gasteiger partial charge in [-0.3, -0.25) is 4.79 Å². The van der Waals surface area contributed by atoms with Gasteiger partial charge in [-0.05, 0) is 47.2 Å². The highest BCUT2D eigenvalue weighted by atomic mass is 16.5. The minimum absolute atomic E-state index is 0.276. The first-order valence-electron chi connectivity index (χ1n) is 9.14. The van der Waals surface area contributed by atoms with Crippen molar-refractivity contribution in [2.45, 2.75) is 33.2 Å². The van der Waals surface area contributed by atoms with Crippen LogP contribution in [0.25, 0.3) is 0 Å². The molecule has 3 rings (SSSR count). The Balaban J connectivity index is 1.90. The van der Waals surface area contributed by atoms with Crippen LogP contribution in [0.5, 0.6) is 5.75 Å². The van der Waals surface area contributed by atoms with Gasteiger partial charge in [0.15, 0.2) is 0 Å². The quantitative estimate of drug-likeness (QED) is 0.837. The van der Waals surface area contributed by atoms with Crippen molar-refractivity contribution in [2.24, 2.45) is 5.41 Å². The fourth-order valence-corrected chi connectivity index (χ4v) is 3.66. The number of nitrogens with one attached hydrogen (secondary N) is 1. The number of anilines is 1. The molecule has 7 heteroatoms. The number of nitrogens with zero attached hydrogens (tertiary/aromatic N) is 2. The first kappa shape index (κ1) is 19.7. The molecule has 0 aliphatic carbocycles. The standard InChI is InChI=1S/C21H25N3O4/c1-21(2,3)18-16-11-14(6-5-13(16)9-10-24(18)20(26)27)23-19(25)17-8-7-15(28-4)12-22-17/h5-8,11-12,18H,9-10H2,1-4H3,(H,23,25)(H,26,27). The molecule has 1 aliphatic heterocycles. The van der Waals surface area contributed by atoms with Gasteiger partial charge in [-0.2, -0.15) is 0 Å². The Hall–Kier alpha value is -3.09. The van der Waals surface area contributed by atoms with Crippen molar-refractivity contribution in [3.63, 3.8) is 0 Å². The molecule has 1 aromatic heterocycles. The Bertz CT molecular complexity index is 888. The van der Waals surface area contributed by atoms with Crippen molar-refractivity contribution in [1.29, 1.82) is 0 Å². The molecule has 2 amide bonds. The number of hydrogen-bond donors (Lipinski definition) is 2. The van der Waals surface area contributed by atoms with Gasteiger partial charge >= 0.3 is 6.09 Å². The Labute approximate surface area is 164 Å². The summed E-state index contributed by atoms with van der Waals surface area (Å²) in [5, 5.41) is 12.5. The number of methoxy groups -OCH3 is 1. The van der Waals surface area contributed by atoms with Gasteiger partial charge in [0.05, 0.1) is 19.3 Å². The number of aromatic nitrogens is 1. The van der Waals surface area contributed by atoms with Crippen LogP contribution in [0, 0.1) is 5.41 Å². The molecule has 2 N–H and O–H groups in total. The zero-order valence-electron chi connectivity index (χ0n) is 16.5. The maximum absolute atomic E-state index is 12.5. The van der Waals surface area contributed by atoms with E-state index in [1.807, 2.05) is 39.0 Å². The summed E-state index contributed by atoms with van der Waals surface area (Å²) in [6.45, 7) is 6.53. The summed E-state index contributed by atoms with van der Waals surface area (Å²) in [6, 6.07) is 8.67. The van der Waals surface area contributed by atoms with E-state index in [4.69, 9.17) is 4.74 Å². The van der Waals surface area contributed by atoms with Gasteiger partial charge in [-0.1, -0.05) is 26.8 Å². The second-order valence-corrected chi connectivity index (χ2v) is 7.95. The molecule has 0 radical (unpaired) electrons. The summed E-state index contributed by atoms with van der Waals surface area (Å²) in [5.74, 6) is 0.243. The van der Waals surface area contributed by atoms with Crippen molar-refractivity contribution in [3.8, 4) is 5.75 Å². The van der Waals surface area contributed by atoms with Gasteiger partial charge in [0.2, 0.25) is 0 Å². The van der Waals surface area contributed by atoms with Crippen LogP contribution in [-0.4, -0.2) is 40.6 Å². The lowest BCUT2D eigenvalue weighted by molar-refractivity contribution is 0.0759. The topological polar surface area (TPSA) is 91.8 Å². The fourth-order valence-electron chi connectivity index (χ4n) is 3.66. The Morgan fingerprint density at radius 1 is 1.25 bits per heavy atom. The van der Waals surface area contributed by atoms with Gasteiger partial charge in [-0.25, -0.2) is 9.78 Å². The lowest BCUT2D eigenvalue weighted by Gasteiger charge is -2.43. The third-order valence-corrected chi connectivity index (χ3v) is 4.90. The molecule has 0 fully saturated rings. The predicted molar refractivity (Wildman–Crippen MR) is 106 cm³/mol. The molecule has 1 aromatic carbocycles. The summed E-state index contributed by atoms with van der Waals surface area (Å²) in [5.41, 5.74) is 2.65. The Kier molecular flexibility index (Phi) is 5.27. The van der Waals surface area contributed by atoms with Crippen molar-refractivity contribution in [3.05, 3.63) is 53.3 Å². The van der Waals surface area contributed by atoms with Crippen molar-refractivity contribution >= 4 is 17.7 Å². The largest absolute Gasteiger partial charge is 0.495 e. The molecule has 7 nitrogen and oxygen atoms in total. The monoisotopic (exact) mass is 383 g/mol. The average Bonchev–Trinajstić information content (AvgIpc) is 2.66.